The SMILES string of the molecule is CCCCCC(C)[CH]Cc1ccc(CCC)c(CCC)c1. The van der Waals surface area contributed by atoms with Gasteiger partial charge in [-0.15, -0.1) is 0 Å². The summed E-state index contributed by atoms with van der Waals surface area (Å²) in [5.74, 6) is 0.751. The smallest absolute Gasteiger partial charge is 0.0245 e. The van der Waals surface area contributed by atoms with E-state index in [1.165, 1.54) is 56.9 Å². The van der Waals surface area contributed by atoms with Gasteiger partial charge in [-0.05, 0) is 48.3 Å². The van der Waals surface area contributed by atoms with Gasteiger partial charge in [0.2, 0.25) is 0 Å². The molecule has 0 amide bonds. The largest absolute Gasteiger partial charge is 0.0654 e. The van der Waals surface area contributed by atoms with Crippen LogP contribution in [0.4, 0.5) is 0 Å². The monoisotopic (exact) mass is 287 g/mol. The number of aryl methyl sites for hydroxylation is 2. The standard InChI is InChI=1S/C21H35/c1-5-8-9-12-18(4)13-14-19-15-16-20(10-6-2)21(17-19)11-7-3/h13,15-18H,5-12,14H2,1-4H3. The van der Waals surface area contributed by atoms with Crippen molar-refractivity contribution in [3.63, 3.8) is 0 Å². The van der Waals surface area contributed by atoms with Gasteiger partial charge in [0.25, 0.3) is 0 Å². The first-order chi connectivity index (χ1) is 10.2. The maximum absolute atomic E-state index is 2.51. The second-order valence-electron chi connectivity index (χ2n) is 6.52. The number of unbranched alkanes of at least 4 members (excludes halogenated alkanes) is 2. The number of benzene rings is 1. The quantitative estimate of drug-likeness (QED) is 0.404. The topological polar surface area (TPSA) is 0 Å². The van der Waals surface area contributed by atoms with Crippen molar-refractivity contribution in [2.75, 3.05) is 0 Å². The fourth-order valence-corrected chi connectivity index (χ4v) is 2.99. The van der Waals surface area contributed by atoms with Crippen molar-refractivity contribution in [3.05, 3.63) is 41.3 Å². The minimum atomic E-state index is 0.751. The third-order valence-electron chi connectivity index (χ3n) is 4.33. The fraction of sp³-hybridized carbons (Fsp3) is 0.667. The molecule has 0 saturated heterocycles. The highest BCUT2D eigenvalue weighted by Crippen LogP contribution is 2.20. The molecule has 1 radical (unpaired) electrons. The van der Waals surface area contributed by atoms with Crippen molar-refractivity contribution in [3.8, 4) is 0 Å². The zero-order valence-electron chi connectivity index (χ0n) is 14.8. The summed E-state index contributed by atoms with van der Waals surface area (Å²) in [7, 11) is 0. The Balaban J connectivity index is 2.52. The van der Waals surface area contributed by atoms with Gasteiger partial charge < -0.3 is 0 Å². The van der Waals surface area contributed by atoms with Crippen molar-refractivity contribution in [2.24, 2.45) is 5.92 Å². The van der Waals surface area contributed by atoms with Gasteiger partial charge in [0, 0.05) is 0 Å². The lowest BCUT2D eigenvalue weighted by Crippen LogP contribution is -2.01. The highest BCUT2D eigenvalue weighted by Gasteiger charge is 2.06. The van der Waals surface area contributed by atoms with Gasteiger partial charge in [-0.2, -0.15) is 0 Å². The minimum absolute atomic E-state index is 0.751. The van der Waals surface area contributed by atoms with E-state index < -0.39 is 0 Å². The molecule has 0 aliphatic rings. The minimum Gasteiger partial charge on any atom is -0.0654 e. The molecule has 119 valence electrons. The third kappa shape index (κ3) is 7.16. The summed E-state index contributed by atoms with van der Waals surface area (Å²) >= 11 is 0. The van der Waals surface area contributed by atoms with E-state index in [0.29, 0.717) is 0 Å². The molecule has 1 atom stereocenters. The molecular formula is C21H35. The third-order valence-corrected chi connectivity index (χ3v) is 4.33. The average Bonchev–Trinajstić information content (AvgIpc) is 2.48. The van der Waals surface area contributed by atoms with Crippen LogP contribution in [0.3, 0.4) is 0 Å². The molecule has 1 rings (SSSR count). The Morgan fingerprint density at radius 3 is 2.29 bits per heavy atom. The molecule has 0 N–H and O–H groups in total. The second-order valence-corrected chi connectivity index (χ2v) is 6.52. The first-order valence-corrected chi connectivity index (χ1v) is 9.15. The first-order valence-electron chi connectivity index (χ1n) is 9.15. The molecule has 1 aromatic rings. The van der Waals surface area contributed by atoms with Crippen LogP contribution in [0.5, 0.6) is 0 Å². The van der Waals surface area contributed by atoms with Gasteiger partial charge in [0.05, 0.1) is 0 Å². The van der Waals surface area contributed by atoms with Gasteiger partial charge >= 0.3 is 0 Å². The summed E-state index contributed by atoms with van der Waals surface area (Å²) in [6.07, 6.45) is 14.0. The molecule has 1 unspecified atom stereocenters. The lowest BCUT2D eigenvalue weighted by Gasteiger charge is -2.13. The van der Waals surface area contributed by atoms with Gasteiger partial charge in [0.1, 0.15) is 0 Å². The van der Waals surface area contributed by atoms with Crippen LogP contribution in [0.2, 0.25) is 0 Å². The van der Waals surface area contributed by atoms with Crippen LogP contribution < -0.4 is 0 Å². The Labute approximate surface area is 133 Å². The molecule has 0 aliphatic carbocycles. The highest BCUT2D eigenvalue weighted by molar-refractivity contribution is 5.33. The molecule has 0 saturated carbocycles. The summed E-state index contributed by atoms with van der Waals surface area (Å²) in [6.45, 7) is 9.20. The average molecular weight is 288 g/mol. The predicted molar refractivity (Wildman–Crippen MR) is 95.7 cm³/mol. The Kier molecular flexibility index (Phi) is 9.46. The Bertz CT molecular complexity index is 378. The molecule has 0 fully saturated rings. The van der Waals surface area contributed by atoms with Crippen LogP contribution in [0, 0.1) is 12.3 Å². The number of hydrogen-bond donors (Lipinski definition) is 0. The second kappa shape index (κ2) is 10.9. The van der Waals surface area contributed by atoms with Gasteiger partial charge in [-0.1, -0.05) is 84.4 Å². The van der Waals surface area contributed by atoms with Crippen molar-refractivity contribution in [1.29, 1.82) is 0 Å². The Morgan fingerprint density at radius 1 is 0.905 bits per heavy atom. The van der Waals surface area contributed by atoms with Crippen LogP contribution >= 0.6 is 0 Å². The molecule has 0 heterocycles. The van der Waals surface area contributed by atoms with E-state index in [1.54, 1.807) is 11.1 Å². The van der Waals surface area contributed by atoms with E-state index in [1.807, 2.05) is 0 Å². The van der Waals surface area contributed by atoms with E-state index in [0.717, 1.165) is 12.3 Å². The molecule has 1 aromatic carbocycles. The van der Waals surface area contributed by atoms with Crippen molar-refractivity contribution < 1.29 is 0 Å². The molecule has 0 spiro atoms. The van der Waals surface area contributed by atoms with Crippen LogP contribution in [0.1, 0.15) is 82.9 Å². The van der Waals surface area contributed by atoms with Crippen LogP contribution in [0.15, 0.2) is 18.2 Å². The molecule has 0 nitrogen and oxygen atoms in total. The fourth-order valence-electron chi connectivity index (χ4n) is 2.99. The van der Waals surface area contributed by atoms with Crippen molar-refractivity contribution in [2.45, 2.75) is 85.5 Å². The number of rotatable bonds is 11. The highest BCUT2D eigenvalue weighted by atomic mass is 14.1. The Hall–Kier alpha value is -0.780. The molecule has 0 aliphatic heterocycles. The summed E-state index contributed by atoms with van der Waals surface area (Å²) < 4.78 is 0. The lowest BCUT2D eigenvalue weighted by atomic mass is 9.92. The summed E-state index contributed by atoms with van der Waals surface area (Å²) in [5.41, 5.74) is 4.66. The van der Waals surface area contributed by atoms with Gasteiger partial charge in [-0.25, -0.2) is 0 Å². The van der Waals surface area contributed by atoms with Crippen LogP contribution in [-0.4, -0.2) is 0 Å². The molecule has 0 bridgehead atoms. The van der Waals surface area contributed by atoms with E-state index in [4.69, 9.17) is 0 Å². The van der Waals surface area contributed by atoms with E-state index in [-0.39, 0.29) is 0 Å². The Morgan fingerprint density at radius 2 is 1.62 bits per heavy atom. The van der Waals surface area contributed by atoms with E-state index in [9.17, 15) is 0 Å². The van der Waals surface area contributed by atoms with Crippen molar-refractivity contribution >= 4 is 0 Å². The van der Waals surface area contributed by atoms with Crippen LogP contribution in [-0.2, 0) is 19.3 Å². The van der Waals surface area contributed by atoms with Gasteiger partial charge in [-0.3, -0.25) is 0 Å². The zero-order valence-corrected chi connectivity index (χ0v) is 14.8. The van der Waals surface area contributed by atoms with E-state index in [2.05, 4.69) is 52.3 Å². The van der Waals surface area contributed by atoms with Crippen molar-refractivity contribution in [1.82, 2.24) is 0 Å². The summed E-state index contributed by atoms with van der Waals surface area (Å²) in [4.78, 5) is 0. The van der Waals surface area contributed by atoms with Gasteiger partial charge in [0.15, 0.2) is 0 Å². The molecular weight excluding hydrogens is 252 g/mol. The number of hydrogen-bond acceptors (Lipinski definition) is 0. The maximum Gasteiger partial charge on any atom is -0.0245 e. The maximum atomic E-state index is 2.51. The van der Waals surface area contributed by atoms with Crippen LogP contribution in [0.25, 0.3) is 0 Å². The molecule has 0 aromatic heterocycles. The first kappa shape index (κ1) is 18.3. The summed E-state index contributed by atoms with van der Waals surface area (Å²) in [5, 5.41) is 0. The molecule has 0 heteroatoms. The zero-order chi connectivity index (χ0) is 15.5. The molecule has 21 heavy (non-hydrogen) atoms. The van der Waals surface area contributed by atoms with E-state index >= 15 is 0 Å². The predicted octanol–water partition coefficient (Wildman–Crippen LogP) is 6.55. The normalized spacial score (nSPS) is 12.6. The summed E-state index contributed by atoms with van der Waals surface area (Å²) in [6, 6.07) is 7.18. The lowest BCUT2D eigenvalue weighted by molar-refractivity contribution is 0.541.